The van der Waals surface area contributed by atoms with Crippen molar-refractivity contribution < 1.29 is 18.8 Å². The van der Waals surface area contributed by atoms with E-state index in [0.717, 1.165) is 43.5 Å². The molecule has 0 radical (unpaired) electrons. The van der Waals surface area contributed by atoms with Crippen LogP contribution in [0.25, 0.3) is 0 Å². The van der Waals surface area contributed by atoms with E-state index < -0.39 is 0 Å². The Bertz CT molecular complexity index is 836. The molecule has 1 heterocycles. The van der Waals surface area contributed by atoms with E-state index in [4.69, 9.17) is 9.26 Å². The molecule has 2 amide bonds. The quantitative estimate of drug-likeness (QED) is 0.691. The van der Waals surface area contributed by atoms with Gasteiger partial charge in [-0.15, -0.1) is 0 Å². The average molecular weight is 414 g/mol. The number of methoxy groups -OCH3 is 1. The number of benzene rings is 1. The van der Waals surface area contributed by atoms with E-state index in [-0.39, 0.29) is 23.8 Å². The number of aromatic nitrogens is 1. The molecule has 0 aliphatic heterocycles. The van der Waals surface area contributed by atoms with Crippen LogP contribution < -0.4 is 15.4 Å². The first-order chi connectivity index (χ1) is 14.4. The highest BCUT2D eigenvalue weighted by Crippen LogP contribution is 2.25. The van der Waals surface area contributed by atoms with Crippen LogP contribution >= 0.6 is 0 Å². The number of amides is 2. The van der Waals surface area contributed by atoms with Gasteiger partial charge in [-0.25, -0.2) is 0 Å². The van der Waals surface area contributed by atoms with Gasteiger partial charge in [0.2, 0.25) is 5.91 Å². The Kier molecular flexibility index (Phi) is 7.49. The minimum atomic E-state index is -0.0897. The van der Waals surface area contributed by atoms with E-state index in [2.05, 4.69) is 29.6 Å². The van der Waals surface area contributed by atoms with E-state index in [1.165, 1.54) is 0 Å². The van der Waals surface area contributed by atoms with Crippen LogP contribution in [0.3, 0.4) is 0 Å². The Morgan fingerprint density at radius 2 is 1.87 bits per heavy atom. The maximum Gasteiger partial charge on any atom is 0.251 e. The Morgan fingerprint density at radius 1 is 1.17 bits per heavy atom. The zero-order chi connectivity index (χ0) is 21.5. The van der Waals surface area contributed by atoms with Gasteiger partial charge in [0.15, 0.2) is 5.76 Å². The monoisotopic (exact) mass is 413 g/mol. The molecule has 3 rings (SSSR count). The van der Waals surface area contributed by atoms with Gasteiger partial charge in [0.1, 0.15) is 5.75 Å². The predicted octanol–water partition coefficient (Wildman–Crippen LogP) is 3.49. The summed E-state index contributed by atoms with van der Waals surface area (Å²) in [5.41, 5.74) is 1.53. The Labute approximate surface area is 177 Å². The molecule has 0 atom stereocenters. The second kappa shape index (κ2) is 10.3. The minimum Gasteiger partial charge on any atom is -0.497 e. The number of rotatable bonds is 8. The van der Waals surface area contributed by atoms with E-state index in [0.29, 0.717) is 23.8 Å². The van der Waals surface area contributed by atoms with Gasteiger partial charge in [-0.2, -0.15) is 0 Å². The summed E-state index contributed by atoms with van der Waals surface area (Å²) >= 11 is 0. The smallest absolute Gasteiger partial charge is 0.251 e. The Hall–Kier alpha value is -2.83. The van der Waals surface area contributed by atoms with Gasteiger partial charge in [-0.3, -0.25) is 9.59 Å². The lowest BCUT2D eigenvalue weighted by Crippen LogP contribution is -2.40. The summed E-state index contributed by atoms with van der Waals surface area (Å²) in [7, 11) is 1.60. The molecule has 0 unspecified atom stereocenters. The molecule has 0 saturated heterocycles. The highest BCUT2D eigenvalue weighted by atomic mass is 16.5. The highest BCUT2D eigenvalue weighted by molar-refractivity contribution is 5.94. The molecule has 7 nitrogen and oxygen atoms in total. The molecule has 162 valence electrons. The number of nitrogens with one attached hydrogen (secondary N) is 2. The maximum absolute atomic E-state index is 12.5. The van der Waals surface area contributed by atoms with Crippen LogP contribution in [0.1, 0.15) is 61.3 Å². The fraction of sp³-hybridized carbons (Fsp3) is 0.522. The summed E-state index contributed by atoms with van der Waals surface area (Å²) < 4.78 is 10.4. The molecular formula is C23H31N3O4. The standard InChI is InChI=1S/C23H31N3O4/c1-15(2)12-19-13-21(30-26-19)14-24-22(27)16-4-8-18(9-5-16)25-23(28)17-6-10-20(29-3)11-7-17/h6-7,10-11,13,15-16,18H,4-5,8-9,12,14H2,1-3H3,(H,24,27)(H,25,28). The summed E-state index contributed by atoms with van der Waals surface area (Å²) in [6.07, 6.45) is 3.97. The molecule has 2 N–H and O–H groups in total. The van der Waals surface area contributed by atoms with E-state index >= 15 is 0 Å². The number of carbonyl (C=O) groups excluding carboxylic acids is 2. The van der Waals surface area contributed by atoms with Crippen LogP contribution in [-0.4, -0.2) is 30.1 Å². The molecule has 1 aliphatic carbocycles. The second-order valence-electron chi connectivity index (χ2n) is 8.35. The van der Waals surface area contributed by atoms with Crippen molar-refractivity contribution in [1.29, 1.82) is 0 Å². The lowest BCUT2D eigenvalue weighted by Gasteiger charge is -2.28. The van der Waals surface area contributed by atoms with Crippen molar-refractivity contribution in [2.45, 2.75) is 58.5 Å². The molecule has 1 aromatic heterocycles. The number of carbonyl (C=O) groups is 2. The Balaban J connectivity index is 1.40. The first-order valence-corrected chi connectivity index (χ1v) is 10.6. The van der Waals surface area contributed by atoms with Crippen LogP contribution in [0.4, 0.5) is 0 Å². The van der Waals surface area contributed by atoms with Gasteiger partial charge < -0.3 is 19.9 Å². The van der Waals surface area contributed by atoms with Crippen LogP contribution in [0, 0.1) is 11.8 Å². The maximum atomic E-state index is 12.5. The largest absolute Gasteiger partial charge is 0.497 e. The van der Waals surface area contributed by atoms with Crippen LogP contribution in [0.5, 0.6) is 5.75 Å². The fourth-order valence-corrected chi connectivity index (χ4v) is 3.78. The van der Waals surface area contributed by atoms with Gasteiger partial charge in [0.25, 0.3) is 5.91 Å². The number of hydrogen-bond acceptors (Lipinski definition) is 5. The van der Waals surface area contributed by atoms with Crippen LogP contribution in [0.2, 0.25) is 0 Å². The van der Waals surface area contributed by atoms with E-state index in [1.807, 2.05) is 6.07 Å². The normalized spacial score (nSPS) is 18.8. The molecule has 1 fully saturated rings. The zero-order valence-corrected chi connectivity index (χ0v) is 17.9. The van der Waals surface area contributed by atoms with Gasteiger partial charge in [0, 0.05) is 23.6 Å². The average Bonchev–Trinajstić information content (AvgIpc) is 3.19. The zero-order valence-electron chi connectivity index (χ0n) is 17.9. The van der Waals surface area contributed by atoms with Crippen molar-refractivity contribution in [1.82, 2.24) is 15.8 Å². The number of nitrogens with zero attached hydrogens (tertiary/aromatic N) is 1. The Morgan fingerprint density at radius 3 is 2.50 bits per heavy atom. The topological polar surface area (TPSA) is 93.5 Å². The molecule has 1 saturated carbocycles. The molecule has 7 heteroatoms. The lowest BCUT2D eigenvalue weighted by molar-refractivity contribution is -0.126. The van der Waals surface area contributed by atoms with Crippen LogP contribution in [-0.2, 0) is 17.8 Å². The first-order valence-electron chi connectivity index (χ1n) is 10.6. The van der Waals surface area contributed by atoms with Gasteiger partial charge >= 0.3 is 0 Å². The van der Waals surface area contributed by atoms with Crippen molar-refractivity contribution in [2.75, 3.05) is 7.11 Å². The molecule has 0 spiro atoms. The summed E-state index contributed by atoms with van der Waals surface area (Å²) in [6.45, 7) is 4.62. The van der Waals surface area contributed by atoms with Gasteiger partial charge in [-0.05, 0) is 62.3 Å². The molecule has 1 aromatic carbocycles. The SMILES string of the molecule is COc1ccc(C(=O)NC2CCC(C(=O)NCc3cc(CC(C)C)no3)CC2)cc1. The predicted molar refractivity (Wildman–Crippen MR) is 113 cm³/mol. The lowest BCUT2D eigenvalue weighted by atomic mass is 9.85. The number of ether oxygens (including phenoxy) is 1. The van der Waals surface area contributed by atoms with Crippen molar-refractivity contribution in [3.8, 4) is 5.75 Å². The number of hydrogen-bond donors (Lipinski definition) is 2. The molecule has 2 aromatic rings. The molecule has 30 heavy (non-hydrogen) atoms. The van der Waals surface area contributed by atoms with Crippen molar-refractivity contribution in [3.05, 3.63) is 47.3 Å². The van der Waals surface area contributed by atoms with Crippen LogP contribution in [0.15, 0.2) is 34.9 Å². The minimum absolute atomic E-state index is 0.0304. The van der Waals surface area contributed by atoms with Gasteiger partial charge in [-0.1, -0.05) is 19.0 Å². The first kappa shape index (κ1) is 21.9. The van der Waals surface area contributed by atoms with E-state index in [1.54, 1.807) is 31.4 Å². The molecular weight excluding hydrogens is 382 g/mol. The third-order valence-electron chi connectivity index (χ3n) is 5.45. The summed E-state index contributed by atoms with van der Waals surface area (Å²) in [5.74, 6) is 1.83. The molecule has 1 aliphatic rings. The van der Waals surface area contributed by atoms with Crippen molar-refractivity contribution in [2.24, 2.45) is 11.8 Å². The fourth-order valence-electron chi connectivity index (χ4n) is 3.78. The molecule has 0 bridgehead atoms. The van der Waals surface area contributed by atoms with E-state index in [9.17, 15) is 9.59 Å². The van der Waals surface area contributed by atoms with Crippen molar-refractivity contribution >= 4 is 11.8 Å². The third-order valence-corrected chi connectivity index (χ3v) is 5.45. The summed E-state index contributed by atoms with van der Waals surface area (Å²) in [6, 6.07) is 9.06. The highest BCUT2D eigenvalue weighted by Gasteiger charge is 2.27. The third kappa shape index (κ3) is 6.08. The van der Waals surface area contributed by atoms with Gasteiger partial charge in [0.05, 0.1) is 19.3 Å². The summed E-state index contributed by atoms with van der Waals surface area (Å²) in [5, 5.41) is 10.1. The summed E-state index contributed by atoms with van der Waals surface area (Å²) in [4.78, 5) is 24.9. The van der Waals surface area contributed by atoms with Crippen molar-refractivity contribution in [3.63, 3.8) is 0 Å². The second-order valence-corrected chi connectivity index (χ2v) is 8.35.